The van der Waals surface area contributed by atoms with Gasteiger partial charge in [-0.25, -0.2) is 24.7 Å². The highest BCUT2D eigenvalue weighted by molar-refractivity contribution is 6.10. The predicted molar refractivity (Wildman–Crippen MR) is 131 cm³/mol. The first-order valence-electron chi connectivity index (χ1n) is 12.0. The molecule has 1 aliphatic heterocycles. The summed E-state index contributed by atoms with van der Waals surface area (Å²) in [4.78, 5) is 55.1. The lowest BCUT2D eigenvalue weighted by molar-refractivity contribution is -0.147. The van der Waals surface area contributed by atoms with Crippen molar-refractivity contribution in [2.24, 2.45) is 5.92 Å². The molecule has 3 heterocycles. The summed E-state index contributed by atoms with van der Waals surface area (Å²) in [6.07, 6.45) is 10.9. The minimum absolute atomic E-state index is 0.0158. The van der Waals surface area contributed by atoms with Crippen molar-refractivity contribution in [2.45, 2.75) is 70.9 Å². The summed E-state index contributed by atoms with van der Waals surface area (Å²) in [5, 5.41) is 2.99. The normalized spacial score (nSPS) is 18.5. The number of nitrogen functional groups attached to an aromatic ring is 1. The van der Waals surface area contributed by atoms with Crippen LogP contribution in [-0.2, 0) is 9.59 Å². The van der Waals surface area contributed by atoms with Gasteiger partial charge in [-0.15, -0.1) is 0 Å². The quantitative estimate of drug-likeness (QED) is 0.618. The second kappa shape index (κ2) is 12.2. The van der Waals surface area contributed by atoms with Gasteiger partial charge in [0.25, 0.3) is 5.91 Å². The maximum Gasteiger partial charge on any atom is 0.325 e. The van der Waals surface area contributed by atoms with Crippen molar-refractivity contribution in [1.29, 1.82) is 0 Å². The third kappa shape index (κ3) is 6.71. The van der Waals surface area contributed by atoms with Gasteiger partial charge in [-0.05, 0) is 49.8 Å². The average molecular weight is 483 g/mol. The molecule has 2 fully saturated rings. The molecule has 11 heteroatoms. The molecule has 0 spiro atoms. The van der Waals surface area contributed by atoms with E-state index in [2.05, 4.69) is 25.3 Å². The minimum atomic E-state index is -0.817. The van der Waals surface area contributed by atoms with Gasteiger partial charge in [-0.2, -0.15) is 0 Å². The number of anilines is 2. The molecule has 0 bridgehead atoms. The number of nitrogens with zero attached hydrogens (tertiary/aromatic N) is 6. The first-order chi connectivity index (χ1) is 16.8. The number of aryl methyl sites for hydroxylation is 1. The monoisotopic (exact) mass is 482 g/mol. The van der Waals surface area contributed by atoms with Crippen molar-refractivity contribution in [2.75, 3.05) is 17.7 Å². The van der Waals surface area contributed by atoms with Crippen LogP contribution in [0.5, 0.6) is 0 Å². The van der Waals surface area contributed by atoms with E-state index >= 15 is 0 Å². The fourth-order valence-corrected chi connectivity index (χ4v) is 4.47. The fourth-order valence-electron chi connectivity index (χ4n) is 4.47. The Labute approximate surface area is 205 Å². The highest BCUT2D eigenvalue weighted by atomic mass is 16.2. The van der Waals surface area contributed by atoms with E-state index in [1.165, 1.54) is 43.9 Å². The van der Waals surface area contributed by atoms with Gasteiger partial charge >= 0.3 is 6.03 Å². The van der Waals surface area contributed by atoms with Crippen LogP contribution < -0.4 is 16.0 Å². The Kier molecular flexibility index (Phi) is 9.04. The maximum absolute atomic E-state index is 12.7. The van der Waals surface area contributed by atoms with Gasteiger partial charge in [-0.3, -0.25) is 19.4 Å². The summed E-state index contributed by atoms with van der Waals surface area (Å²) < 4.78 is 0. The van der Waals surface area contributed by atoms with Gasteiger partial charge < -0.3 is 11.1 Å². The predicted octanol–water partition coefficient (Wildman–Crippen LogP) is 2.48. The Morgan fingerprint density at radius 2 is 1.89 bits per heavy atom. The summed E-state index contributed by atoms with van der Waals surface area (Å²) in [6.45, 7) is 4.02. The third-order valence-corrected chi connectivity index (χ3v) is 6.47. The molecule has 2 aliphatic rings. The molecule has 188 valence electrons. The number of carbonyl (C=O) groups excluding carboxylic acids is 3. The number of hydrogen-bond acceptors (Lipinski definition) is 8. The van der Waals surface area contributed by atoms with Crippen LogP contribution >= 0.6 is 0 Å². The molecule has 0 aromatic carbocycles. The smallest absolute Gasteiger partial charge is 0.325 e. The Balaban J connectivity index is 0.000000363. The van der Waals surface area contributed by atoms with Gasteiger partial charge in [0, 0.05) is 19.3 Å². The molecule has 1 saturated heterocycles. The van der Waals surface area contributed by atoms with Crippen LogP contribution in [0.25, 0.3) is 0 Å². The summed E-state index contributed by atoms with van der Waals surface area (Å²) in [7, 11) is 1.52. The number of aromatic nitrogens is 4. The van der Waals surface area contributed by atoms with E-state index in [-0.39, 0.29) is 30.2 Å². The summed E-state index contributed by atoms with van der Waals surface area (Å²) in [5.74, 6) is 0.481. The molecule has 2 aromatic rings. The number of pyridine rings is 1. The molecule has 11 nitrogen and oxygen atoms in total. The Hall–Kier alpha value is -3.63. The summed E-state index contributed by atoms with van der Waals surface area (Å²) in [6, 6.07) is 2.48. The van der Waals surface area contributed by atoms with Crippen molar-refractivity contribution < 1.29 is 14.4 Å². The van der Waals surface area contributed by atoms with E-state index in [1.54, 1.807) is 6.20 Å². The molecule has 2 aromatic heterocycles. The number of nitrogens with one attached hydrogen (secondary N) is 1. The number of hydrogen-bond donors (Lipinski definition) is 2. The lowest BCUT2D eigenvalue weighted by Crippen LogP contribution is -2.65. The van der Waals surface area contributed by atoms with Crippen LogP contribution in [0.4, 0.5) is 16.6 Å². The van der Waals surface area contributed by atoms with Gasteiger partial charge in [-0.1, -0.05) is 26.2 Å². The van der Waals surface area contributed by atoms with E-state index in [9.17, 15) is 14.4 Å². The molecular formula is C24H34N8O3. The van der Waals surface area contributed by atoms with E-state index in [0.29, 0.717) is 11.7 Å². The number of urea groups is 1. The van der Waals surface area contributed by atoms with Gasteiger partial charge in [0.05, 0.1) is 6.42 Å². The van der Waals surface area contributed by atoms with Crippen LogP contribution in [0.2, 0.25) is 0 Å². The number of carbonyl (C=O) groups is 3. The third-order valence-electron chi connectivity index (χ3n) is 6.47. The number of likely N-dealkylation sites (N-methyl/N-ethyl adjacent to an activating group) is 1. The lowest BCUT2D eigenvalue weighted by Gasteiger charge is -2.40. The van der Waals surface area contributed by atoms with Gasteiger partial charge in [0.2, 0.25) is 11.9 Å². The van der Waals surface area contributed by atoms with E-state index in [0.717, 1.165) is 29.7 Å². The molecule has 35 heavy (non-hydrogen) atoms. The zero-order valence-electron chi connectivity index (χ0n) is 20.6. The van der Waals surface area contributed by atoms with Crippen LogP contribution in [-0.4, -0.2) is 61.8 Å². The highest BCUT2D eigenvalue weighted by Gasteiger charge is 2.47. The molecule has 1 saturated carbocycles. The van der Waals surface area contributed by atoms with E-state index < -0.39 is 12.1 Å². The molecule has 2 atom stereocenters. The summed E-state index contributed by atoms with van der Waals surface area (Å²) >= 11 is 0. The summed E-state index contributed by atoms with van der Waals surface area (Å²) in [5.41, 5.74) is 6.50. The topological polar surface area (TPSA) is 147 Å². The number of β-lactam (4-membered cyclic amide) rings is 1. The van der Waals surface area contributed by atoms with Crippen molar-refractivity contribution >= 4 is 29.6 Å². The van der Waals surface area contributed by atoms with Crippen LogP contribution in [0.3, 0.4) is 0 Å². The molecule has 4 rings (SSSR count). The fraction of sp³-hybridized carbons (Fsp3) is 0.542. The van der Waals surface area contributed by atoms with Crippen molar-refractivity contribution in [3.05, 3.63) is 36.5 Å². The number of rotatable bonds is 5. The molecule has 2 unspecified atom stereocenters. The second-order valence-corrected chi connectivity index (χ2v) is 8.94. The standard InChI is InChI=1S/C18H26N6O3.C6H8N2/c1-3-13(12-7-5-4-6-8-12)22-18(27)24-14(9-15(24)25)16(26)23(2)17-20-10-19-11-21-17;1-5-2-3-8-6(7)4-5/h10-14H,3-9H2,1-2H3,(H,22,27);2-4H,1H3,(H2,7,8). The number of likely N-dealkylation sites (tertiary alicyclic amines) is 1. The first kappa shape index (κ1) is 26.0. The van der Waals surface area contributed by atoms with Crippen LogP contribution in [0.1, 0.15) is 57.4 Å². The number of amides is 4. The molecule has 1 aliphatic carbocycles. The largest absolute Gasteiger partial charge is 0.384 e. The van der Waals surface area contributed by atoms with Crippen molar-refractivity contribution in [3.8, 4) is 0 Å². The Bertz CT molecular complexity index is 996. The first-order valence-corrected chi connectivity index (χ1v) is 12.0. The van der Waals surface area contributed by atoms with Crippen LogP contribution in [0, 0.1) is 12.8 Å². The zero-order valence-corrected chi connectivity index (χ0v) is 20.6. The molecule has 3 N–H and O–H groups in total. The van der Waals surface area contributed by atoms with E-state index in [1.807, 2.05) is 26.0 Å². The van der Waals surface area contributed by atoms with Crippen molar-refractivity contribution in [1.82, 2.24) is 30.2 Å². The number of imide groups is 1. The molecular weight excluding hydrogens is 448 g/mol. The van der Waals surface area contributed by atoms with Crippen molar-refractivity contribution in [3.63, 3.8) is 0 Å². The van der Waals surface area contributed by atoms with Gasteiger partial charge in [0.15, 0.2) is 0 Å². The maximum atomic E-state index is 12.7. The molecule has 0 radical (unpaired) electrons. The minimum Gasteiger partial charge on any atom is -0.384 e. The lowest BCUT2D eigenvalue weighted by atomic mass is 9.83. The second-order valence-electron chi connectivity index (χ2n) is 8.94. The average Bonchev–Trinajstić information content (AvgIpc) is 2.86. The Morgan fingerprint density at radius 1 is 1.20 bits per heavy atom. The highest BCUT2D eigenvalue weighted by Crippen LogP contribution is 2.29. The zero-order chi connectivity index (χ0) is 25.4. The van der Waals surface area contributed by atoms with Crippen LogP contribution in [0.15, 0.2) is 31.0 Å². The number of nitrogens with two attached hydrogens (primary N) is 1. The SMILES string of the molecule is CCC(NC(=O)N1C(=O)CC1C(=O)N(C)c1ncncn1)C1CCCCC1.Cc1ccnc(N)c1. The van der Waals surface area contributed by atoms with Gasteiger partial charge in [0.1, 0.15) is 24.5 Å². The molecule has 4 amide bonds. The van der Waals surface area contributed by atoms with E-state index in [4.69, 9.17) is 5.73 Å². The Morgan fingerprint density at radius 3 is 2.43 bits per heavy atom.